The summed E-state index contributed by atoms with van der Waals surface area (Å²) in [6.45, 7) is 7.61. The molecule has 0 atom stereocenters. The maximum atomic E-state index is 13.8. The quantitative estimate of drug-likeness (QED) is 0.187. The molecule has 2 heterocycles. The van der Waals surface area contributed by atoms with E-state index in [1.165, 1.54) is 61.7 Å². The maximum Gasteiger partial charge on any atom is 0.380 e. The van der Waals surface area contributed by atoms with Gasteiger partial charge in [-0.2, -0.15) is 4.73 Å². The number of nitrogens with zero attached hydrogens (tertiary/aromatic N) is 2. The van der Waals surface area contributed by atoms with Crippen LogP contribution in [0.2, 0.25) is 0 Å². The summed E-state index contributed by atoms with van der Waals surface area (Å²) in [5, 5.41) is 0. The van der Waals surface area contributed by atoms with Crippen molar-refractivity contribution in [2.75, 3.05) is 6.61 Å². The van der Waals surface area contributed by atoms with Crippen molar-refractivity contribution < 1.29 is 40.8 Å². The Bertz CT molecular complexity index is 1940. The molecule has 0 spiro atoms. The van der Waals surface area contributed by atoms with Crippen LogP contribution in [0.15, 0.2) is 80.2 Å². The first kappa shape index (κ1) is 31.4. The summed E-state index contributed by atoms with van der Waals surface area (Å²) in [5.74, 6) is -2.15. The lowest BCUT2D eigenvalue weighted by Crippen LogP contribution is -2.28. The summed E-state index contributed by atoms with van der Waals surface area (Å²) in [4.78, 5) is 44.1. The van der Waals surface area contributed by atoms with Crippen LogP contribution in [0.5, 0.6) is 0 Å². The summed E-state index contributed by atoms with van der Waals surface area (Å²) < 4.78 is 61.6. The third-order valence-electron chi connectivity index (χ3n) is 6.96. The first-order valence-corrected chi connectivity index (χ1v) is 16.2. The van der Waals surface area contributed by atoms with Gasteiger partial charge in [0.15, 0.2) is 12.0 Å². The van der Waals surface area contributed by atoms with Gasteiger partial charge in [0.2, 0.25) is 19.7 Å². The summed E-state index contributed by atoms with van der Waals surface area (Å²) in [6.07, 6.45) is 0.168. The molecule has 43 heavy (non-hydrogen) atoms. The summed E-state index contributed by atoms with van der Waals surface area (Å²) in [7, 11) is -8.43. The average molecular weight is 627 g/mol. The Hall–Kier alpha value is -4.49. The lowest BCUT2D eigenvalue weighted by Gasteiger charge is -2.13. The van der Waals surface area contributed by atoms with Crippen LogP contribution in [-0.4, -0.2) is 51.0 Å². The molecule has 0 unspecified atom stereocenters. The van der Waals surface area contributed by atoms with E-state index < -0.39 is 47.9 Å². The van der Waals surface area contributed by atoms with Crippen molar-refractivity contribution in [3.8, 4) is 0 Å². The summed E-state index contributed by atoms with van der Waals surface area (Å²) in [5.41, 5.74) is -1.05. The highest BCUT2D eigenvalue weighted by Gasteiger charge is 2.37. The maximum absolute atomic E-state index is 13.8. The fourth-order valence-corrected chi connectivity index (χ4v) is 8.53. The minimum absolute atomic E-state index is 0.0269. The number of benzene rings is 2. The molecule has 0 bridgehead atoms. The molecule has 2 aromatic carbocycles. The van der Waals surface area contributed by atoms with Crippen LogP contribution in [0.3, 0.4) is 0 Å². The van der Waals surface area contributed by atoms with Crippen LogP contribution < -0.4 is 4.84 Å². The van der Waals surface area contributed by atoms with Gasteiger partial charge < -0.3 is 14.1 Å². The number of carbonyl (C=O) groups is 3. The van der Waals surface area contributed by atoms with Crippen LogP contribution in [0.1, 0.15) is 62.1 Å². The van der Waals surface area contributed by atoms with E-state index in [1.807, 2.05) is 0 Å². The van der Waals surface area contributed by atoms with Crippen molar-refractivity contribution in [1.82, 2.24) is 9.30 Å². The third kappa shape index (κ3) is 5.30. The number of aldehydes is 1. The second-order valence-corrected chi connectivity index (χ2v) is 13.2. The summed E-state index contributed by atoms with van der Waals surface area (Å²) >= 11 is 0. The Morgan fingerprint density at radius 2 is 1.23 bits per heavy atom. The van der Waals surface area contributed by atoms with Crippen molar-refractivity contribution >= 4 is 37.9 Å². The van der Waals surface area contributed by atoms with Crippen molar-refractivity contribution in [1.29, 1.82) is 0 Å². The second kappa shape index (κ2) is 12.0. The predicted octanol–water partition coefficient (Wildman–Crippen LogP) is 4.16. The number of carbonyl (C=O) groups excluding carboxylic acids is 3. The van der Waals surface area contributed by atoms with E-state index >= 15 is 0 Å². The van der Waals surface area contributed by atoms with E-state index in [4.69, 9.17) is 9.57 Å². The lowest BCUT2D eigenvalue weighted by molar-refractivity contribution is 0.0357. The zero-order chi connectivity index (χ0) is 31.7. The highest BCUT2D eigenvalue weighted by atomic mass is 32.2. The molecule has 0 fully saturated rings. The molecule has 0 aliphatic heterocycles. The fraction of sp³-hybridized carbons (Fsp3) is 0.233. The Morgan fingerprint density at radius 1 is 0.744 bits per heavy atom. The van der Waals surface area contributed by atoms with E-state index in [9.17, 15) is 31.2 Å². The van der Waals surface area contributed by atoms with Crippen LogP contribution >= 0.6 is 0 Å². The van der Waals surface area contributed by atoms with Gasteiger partial charge in [-0.15, -0.1) is 0 Å². The zero-order valence-corrected chi connectivity index (χ0v) is 25.8. The molecule has 0 amide bonds. The number of hydrogen-bond donors (Lipinski definition) is 0. The summed E-state index contributed by atoms with van der Waals surface area (Å²) in [6, 6.07) is 15.0. The molecular formula is C30H30N2O9S2. The number of sulfone groups is 2. The van der Waals surface area contributed by atoms with Crippen molar-refractivity contribution in [2.45, 2.75) is 60.7 Å². The van der Waals surface area contributed by atoms with E-state index in [-0.39, 0.29) is 56.6 Å². The van der Waals surface area contributed by atoms with Crippen LogP contribution in [0.25, 0.3) is 0 Å². The van der Waals surface area contributed by atoms with Crippen molar-refractivity contribution in [3.63, 3.8) is 0 Å². The molecule has 0 saturated carbocycles. The number of hydrogen-bond acceptors (Lipinski definition) is 9. The molecule has 0 aliphatic rings. The van der Waals surface area contributed by atoms with E-state index in [0.29, 0.717) is 4.73 Å². The number of esters is 1. The topological polar surface area (TPSA) is 148 Å². The molecule has 13 heteroatoms. The van der Waals surface area contributed by atoms with Gasteiger partial charge in [0.1, 0.15) is 16.3 Å². The Kier molecular flexibility index (Phi) is 8.79. The van der Waals surface area contributed by atoms with Crippen LogP contribution in [0, 0.1) is 20.8 Å². The van der Waals surface area contributed by atoms with Gasteiger partial charge in [0.25, 0.3) is 0 Å². The minimum atomic E-state index is -4.37. The van der Waals surface area contributed by atoms with Gasteiger partial charge >= 0.3 is 11.9 Å². The zero-order valence-electron chi connectivity index (χ0n) is 24.2. The Balaban J connectivity index is 1.94. The number of rotatable bonds is 10. The molecular weight excluding hydrogens is 596 g/mol. The largest absolute Gasteiger partial charge is 0.461 e. The van der Waals surface area contributed by atoms with Gasteiger partial charge in [0.05, 0.1) is 21.3 Å². The van der Waals surface area contributed by atoms with Gasteiger partial charge in [-0.3, -0.25) is 4.79 Å². The van der Waals surface area contributed by atoms with Crippen molar-refractivity contribution in [2.24, 2.45) is 0 Å². The molecule has 0 N–H and O–H groups in total. The first-order chi connectivity index (χ1) is 20.3. The van der Waals surface area contributed by atoms with Crippen LogP contribution in [-0.2, 0) is 31.0 Å². The Labute approximate surface area is 249 Å². The second-order valence-electron chi connectivity index (χ2n) is 9.46. The number of aromatic nitrogens is 2. The van der Waals surface area contributed by atoms with Crippen LogP contribution in [0.4, 0.5) is 0 Å². The van der Waals surface area contributed by atoms with Gasteiger partial charge in [0, 0.05) is 23.4 Å². The van der Waals surface area contributed by atoms with E-state index in [1.54, 1.807) is 38.1 Å². The number of ether oxygens (including phenoxy) is 1. The molecule has 2 aromatic heterocycles. The van der Waals surface area contributed by atoms with Gasteiger partial charge in [-0.1, -0.05) is 36.4 Å². The first-order valence-electron chi connectivity index (χ1n) is 13.2. The normalized spacial score (nSPS) is 11.7. The highest BCUT2D eigenvalue weighted by Crippen LogP contribution is 2.34. The third-order valence-corrected chi connectivity index (χ3v) is 10.9. The van der Waals surface area contributed by atoms with Gasteiger partial charge in [-0.05, 0) is 58.9 Å². The molecule has 11 nitrogen and oxygen atoms in total. The molecule has 0 radical (unpaired) electrons. The molecule has 4 rings (SSSR count). The highest BCUT2D eigenvalue weighted by molar-refractivity contribution is 7.92. The van der Waals surface area contributed by atoms with Gasteiger partial charge in [-0.25, -0.2) is 26.4 Å². The standard InChI is InChI=1S/C30H30N2O9S2/c1-6-31-21(5)27(42(36,37)22-14-10-8-11-15-22)19(3)25(31)30(35)41-32-24(18-33)28(20(4)26(32)29(34)40-7-2)43(38,39)23-16-12-9-13-17-23/h8-18H,6-7H2,1-5H3. The monoisotopic (exact) mass is 626 g/mol. The van der Waals surface area contributed by atoms with E-state index in [0.717, 1.165) is 0 Å². The molecule has 4 aromatic rings. The lowest BCUT2D eigenvalue weighted by atomic mass is 10.2. The smallest absolute Gasteiger partial charge is 0.380 e. The minimum Gasteiger partial charge on any atom is -0.461 e. The predicted molar refractivity (Wildman–Crippen MR) is 155 cm³/mol. The molecule has 226 valence electrons. The SMILES string of the molecule is CCOC(=O)c1c(C)c(S(=O)(=O)c2ccccc2)c(C=O)n1OC(=O)c1c(C)c(S(=O)(=O)c2ccccc2)c(C)n1CC. The molecule has 0 aliphatic carbocycles. The van der Waals surface area contributed by atoms with E-state index in [2.05, 4.69) is 0 Å². The Morgan fingerprint density at radius 3 is 1.70 bits per heavy atom. The fourth-order valence-electron chi connectivity index (χ4n) is 5.12. The average Bonchev–Trinajstić information content (AvgIpc) is 3.42. The molecule has 0 saturated heterocycles. The van der Waals surface area contributed by atoms with Crippen molar-refractivity contribution in [3.05, 3.63) is 94.6 Å².